The first-order valence-electron chi connectivity index (χ1n) is 8.30. The molecule has 1 aliphatic heterocycles. The maximum Gasteiger partial charge on any atom is 0.310 e. The highest BCUT2D eigenvalue weighted by Gasteiger charge is 2.51. The Morgan fingerprint density at radius 2 is 2.04 bits per heavy atom. The molecule has 0 radical (unpaired) electrons. The molecule has 3 rings (SSSR count). The van der Waals surface area contributed by atoms with E-state index in [9.17, 15) is 4.79 Å². The number of esters is 1. The number of hydroxylamine groups is 1. The van der Waals surface area contributed by atoms with Crippen LogP contribution in [0.4, 0.5) is 0 Å². The smallest absolute Gasteiger partial charge is 0.310 e. The van der Waals surface area contributed by atoms with E-state index < -0.39 is 11.2 Å². The average Bonchev–Trinajstić information content (AvgIpc) is 2.95. The van der Waals surface area contributed by atoms with Crippen molar-refractivity contribution in [2.24, 2.45) is 5.92 Å². The third-order valence-electron chi connectivity index (χ3n) is 4.56. The van der Waals surface area contributed by atoms with Crippen LogP contribution in [0, 0.1) is 5.92 Å². The van der Waals surface area contributed by atoms with Crippen LogP contribution in [0.15, 0.2) is 42.6 Å². The highest BCUT2D eigenvalue weighted by Crippen LogP contribution is 2.49. The second-order valence-corrected chi connectivity index (χ2v) is 7.43. The zero-order valence-electron chi connectivity index (χ0n) is 14.0. The van der Waals surface area contributed by atoms with E-state index in [4.69, 9.17) is 9.57 Å². The number of benzene rings is 1. The number of carbonyl (C=O) groups excluding carboxylic acids is 1. The molecule has 23 heavy (non-hydrogen) atoms. The molecule has 4 nitrogen and oxygen atoms in total. The minimum Gasteiger partial charge on any atom is -0.460 e. The Morgan fingerprint density at radius 1 is 1.30 bits per heavy atom. The van der Waals surface area contributed by atoms with Gasteiger partial charge in [0.2, 0.25) is 0 Å². The number of carbonyl (C=O) groups is 1. The van der Waals surface area contributed by atoms with Gasteiger partial charge in [0.05, 0.1) is 5.92 Å². The molecule has 1 heterocycles. The molecule has 3 atom stereocenters. The zero-order valence-corrected chi connectivity index (χ0v) is 14.0. The van der Waals surface area contributed by atoms with Gasteiger partial charge in [0.15, 0.2) is 0 Å². The van der Waals surface area contributed by atoms with E-state index >= 15 is 0 Å². The number of hydrogen-bond donors (Lipinski definition) is 1. The van der Waals surface area contributed by atoms with E-state index in [1.165, 1.54) is 0 Å². The van der Waals surface area contributed by atoms with Crippen molar-refractivity contribution in [3.05, 3.63) is 48.2 Å². The fraction of sp³-hybridized carbons (Fsp3) is 0.526. The largest absolute Gasteiger partial charge is 0.460 e. The van der Waals surface area contributed by atoms with Crippen LogP contribution in [0.1, 0.15) is 51.5 Å². The molecule has 0 saturated heterocycles. The lowest BCUT2D eigenvalue weighted by atomic mass is 9.66. The lowest BCUT2D eigenvalue weighted by Crippen LogP contribution is -2.47. The molecule has 1 unspecified atom stereocenters. The van der Waals surface area contributed by atoms with E-state index in [1.807, 2.05) is 45.2 Å². The highest BCUT2D eigenvalue weighted by atomic mass is 16.7. The fourth-order valence-corrected chi connectivity index (χ4v) is 3.72. The van der Waals surface area contributed by atoms with Crippen molar-refractivity contribution in [2.75, 3.05) is 0 Å². The zero-order chi connectivity index (χ0) is 16.5. The molecule has 124 valence electrons. The van der Waals surface area contributed by atoms with Gasteiger partial charge in [-0.3, -0.25) is 15.1 Å². The highest BCUT2D eigenvalue weighted by molar-refractivity contribution is 5.75. The van der Waals surface area contributed by atoms with Crippen LogP contribution < -0.4 is 5.48 Å². The first-order chi connectivity index (χ1) is 10.9. The molecule has 0 aromatic heterocycles. The van der Waals surface area contributed by atoms with Crippen LogP contribution in [0.3, 0.4) is 0 Å². The fourth-order valence-electron chi connectivity index (χ4n) is 3.72. The Hall–Kier alpha value is -1.81. The molecule has 1 saturated carbocycles. The van der Waals surface area contributed by atoms with Crippen molar-refractivity contribution < 1.29 is 14.4 Å². The minimum atomic E-state index is -0.479. The van der Waals surface area contributed by atoms with Crippen LogP contribution >= 0.6 is 0 Å². The number of rotatable bonds is 2. The van der Waals surface area contributed by atoms with Gasteiger partial charge in [-0.25, -0.2) is 0 Å². The van der Waals surface area contributed by atoms with Crippen molar-refractivity contribution in [3.8, 4) is 0 Å². The molecule has 0 bridgehead atoms. The van der Waals surface area contributed by atoms with Crippen molar-refractivity contribution in [1.29, 1.82) is 0 Å². The molecule has 0 amide bonds. The molecule has 1 spiro atoms. The number of nitrogens with one attached hydrogen (secondary N) is 1. The Labute approximate surface area is 137 Å². The monoisotopic (exact) mass is 315 g/mol. The van der Waals surface area contributed by atoms with E-state index in [-0.39, 0.29) is 17.8 Å². The van der Waals surface area contributed by atoms with Gasteiger partial charge in [-0.1, -0.05) is 30.3 Å². The normalized spacial score (nSPS) is 30.2. The van der Waals surface area contributed by atoms with Gasteiger partial charge in [-0.15, -0.1) is 0 Å². The summed E-state index contributed by atoms with van der Waals surface area (Å²) < 4.78 is 5.69. The van der Waals surface area contributed by atoms with Crippen molar-refractivity contribution in [1.82, 2.24) is 5.48 Å². The lowest BCUT2D eigenvalue weighted by Gasteiger charge is -2.43. The van der Waals surface area contributed by atoms with Gasteiger partial charge in [0, 0.05) is 12.1 Å². The first kappa shape index (κ1) is 16.1. The molecule has 1 N–H and O–H groups in total. The van der Waals surface area contributed by atoms with Gasteiger partial charge in [0.1, 0.15) is 11.2 Å². The summed E-state index contributed by atoms with van der Waals surface area (Å²) in [5.74, 6) is -0.372. The van der Waals surface area contributed by atoms with Crippen LogP contribution in [-0.2, 0) is 14.4 Å². The standard InChI is InChI=1S/C19H25NO3/c1-18(2,3)22-17(21)15-10-7-11-19(12-13-20-23-19)16(15)14-8-5-4-6-9-14/h4-6,8-9,12-13,15-16,20H,7,10-11H2,1-3H3/t15?,16-,19+/m1/s1. The van der Waals surface area contributed by atoms with E-state index in [0.29, 0.717) is 0 Å². The third-order valence-corrected chi connectivity index (χ3v) is 4.56. The topological polar surface area (TPSA) is 47.6 Å². The number of hydrogen-bond acceptors (Lipinski definition) is 4. The third kappa shape index (κ3) is 3.27. The van der Waals surface area contributed by atoms with Crippen molar-refractivity contribution in [2.45, 2.75) is 57.2 Å². The summed E-state index contributed by atoms with van der Waals surface area (Å²) in [7, 11) is 0. The minimum absolute atomic E-state index is 0.0430. The van der Waals surface area contributed by atoms with Gasteiger partial charge in [-0.2, -0.15) is 0 Å². The number of ether oxygens (including phenoxy) is 1. The van der Waals surface area contributed by atoms with Crippen LogP contribution in [0.5, 0.6) is 0 Å². The SMILES string of the molecule is CC(C)(C)OC(=O)C1CCC[C@]2(C=CNO2)[C@@H]1c1ccccc1. The van der Waals surface area contributed by atoms with Crippen molar-refractivity contribution >= 4 is 5.97 Å². The molecular formula is C19H25NO3. The summed E-state index contributed by atoms with van der Waals surface area (Å²) in [6.45, 7) is 5.73. The van der Waals surface area contributed by atoms with Crippen LogP contribution in [0.25, 0.3) is 0 Å². The first-order valence-corrected chi connectivity index (χ1v) is 8.30. The lowest BCUT2D eigenvalue weighted by molar-refractivity contribution is -0.168. The molecular weight excluding hydrogens is 290 g/mol. The van der Waals surface area contributed by atoms with Gasteiger partial charge in [-0.05, 0) is 51.7 Å². The summed E-state index contributed by atoms with van der Waals surface area (Å²) >= 11 is 0. The van der Waals surface area contributed by atoms with Crippen molar-refractivity contribution in [3.63, 3.8) is 0 Å². The quantitative estimate of drug-likeness (QED) is 0.845. The summed E-state index contributed by atoms with van der Waals surface area (Å²) in [4.78, 5) is 18.7. The van der Waals surface area contributed by atoms with Crippen LogP contribution in [0.2, 0.25) is 0 Å². The Bertz CT molecular complexity index is 590. The predicted octanol–water partition coefficient (Wildman–Crippen LogP) is 3.70. The maximum absolute atomic E-state index is 12.8. The molecule has 1 aromatic rings. The summed E-state index contributed by atoms with van der Waals surface area (Å²) in [5, 5.41) is 0. The maximum atomic E-state index is 12.8. The van der Waals surface area contributed by atoms with E-state index in [1.54, 1.807) is 0 Å². The Kier molecular flexibility index (Phi) is 4.19. The average molecular weight is 315 g/mol. The second kappa shape index (κ2) is 6.00. The summed E-state index contributed by atoms with van der Waals surface area (Å²) in [5.41, 5.74) is 3.03. The van der Waals surface area contributed by atoms with Crippen LogP contribution in [-0.4, -0.2) is 17.2 Å². The summed E-state index contributed by atoms with van der Waals surface area (Å²) in [6.07, 6.45) is 6.55. The van der Waals surface area contributed by atoms with Gasteiger partial charge < -0.3 is 4.74 Å². The van der Waals surface area contributed by atoms with E-state index in [0.717, 1.165) is 24.8 Å². The van der Waals surface area contributed by atoms with Gasteiger partial charge >= 0.3 is 5.97 Å². The molecule has 1 aromatic carbocycles. The Morgan fingerprint density at radius 3 is 2.65 bits per heavy atom. The molecule has 4 heteroatoms. The summed E-state index contributed by atoms with van der Waals surface area (Å²) in [6, 6.07) is 10.2. The van der Waals surface area contributed by atoms with Gasteiger partial charge in [0.25, 0.3) is 0 Å². The predicted molar refractivity (Wildman–Crippen MR) is 88.5 cm³/mol. The molecule has 1 aliphatic carbocycles. The van der Waals surface area contributed by atoms with E-state index in [2.05, 4.69) is 23.7 Å². The second-order valence-electron chi connectivity index (χ2n) is 7.43. The molecule has 2 aliphatic rings. The molecule has 1 fully saturated rings. The Balaban J connectivity index is 1.96.